The molecule has 2 aromatic carbocycles. The monoisotopic (exact) mass is 411 g/mol. The van der Waals surface area contributed by atoms with Crippen LogP contribution in [0, 0.1) is 10.1 Å². The molecule has 0 atom stereocenters. The zero-order valence-electron chi connectivity index (χ0n) is 15.2. The molecule has 1 heterocycles. The van der Waals surface area contributed by atoms with Crippen molar-refractivity contribution in [1.82, 2.24) is 5.43 Å². The van der Waals surface area contributed by atoms with Crippen molar-refractivity contribution in [2.75, 3.05) is 6.61 Å². The summed E-state index contributed by atoms with van der Waals surface area (Å²) in [6.45, 7) is 0.251. The first-order chi connectivity index (χ1) is 14.1. The Hall–Kier alpha value is -3.72. The van der Waals surface area contributed by atoms with E-state index in [1.165, 1.54) is 17.7 Å². The first kappa shape index (κ1) is 20.0. The Kier molecular flexibility index (Phi) is 6.90. The summed E-state index contributed by atoms with van der Waals surface area (Å²) in [4.78, 5) is 22.5. The molecule has 0 saturated heterocycles. The number of nitrogens with zero attached hydrogens (tertiary/aromatic N) is 2. The van der Waals surface area contributed by atoms with Gasteiger partial charge in [0.2, 0.25) is 0 Å². The van der Waals surface area contributed by atoms with Crippen LogP contribution in [0.2, 0.25) is 0 Å². The Balaban J connectivity index is 1.40. The molecule has 8 nitrogen and oxygen atoms in total. The lowest BCUT2D eigenvalue weighted by Crippen LogP contribution is -2.24. The van der Waals surface area contributed by atoms with Crippen molar-refractivity contribution >= 4 is 29.1 Å². The second kappa shape index (κ2) is 10.00. The van der Waals surface area contributed by atoms with Gasteiger partial charge in [-0.25, -0.2) is 5.43 Å². The molecule has 3 rings (SSSR count). The van der Waals surface area contributed by atoms with Crippen molar-refractivity contribution in [3.63, 3.8) is 0 Å². The number of benzene rings is 2. The summed E-state index contributed by atoms with van der Waals surface area (Å²) in [7, 11) is 0. The predicted octanol–water partition coefficient (Wildman–Crippen LogP) is 3.76. The smallest absolute Gasteiger partial charge is 0.280 e. The molecule has 0 fully saturated rings. The maximum absolute atomic E-state index is 11.8. The number of hydrogen-bond acceptors (Lipinski definition) is 7. The molecular weight excluding hydrogens is 394 g/mol. The van der Waals surface area contributed by atoms with Gasteiger partial charge >= 0.3 is 0 Å². The fraction of sp³-hybridized carbons (Fsp3) is 0.100. The van der Waals surface area contributed by atoms with Gasteiger partial charge in [0.15, 0.2) is 6.61 Å². The lowest BCUT2D eigenvalue weighted by molar-refractivity contribution is -0.384. The highest BCUT2D eigenvalue weighted by Gasteiger charge is 2.08. The second-order valence-corrected chi connectivity index (χ2v) is 6.73. The first-order valence-corrected chi connectivity index (χ1v) is 9.42. The van der Waals surface area contributed by atoms with Crippen LogP contribution in [0.25, 0.3) is 0 Å². The molecule has 0 bridgehead atoms. The van der Waals surface area contributed by atoms with Crippen LogP contribution >= 0.6 is 11.3 Å². The van der Waals surface area contributed by atoms with E-state index in [2.05, 4.69) is 10.5 Å². The lowest BCUT2D eigenvalue weighted by Gasteiger charge is -2.08. The summed E-state index contributed by atoms with van der Waals surface area (Å²) in [6.07, 6.45) is 1.34. The van der Waals surface area contributed by atoms with E-state index >= 15 is 0 Å². The standard InChI is InChI=1S/C20H17N3O5S/c24-20(22-21-11-19-10-16(14-29-19)23(25)26)13-28-18-8-6-17(7-9-18)27-12-15-4-2-1-3-5-15/h1-11,14H,12-13H2,(H,22,24). The van der Waals surface area contributed by atoms with Crippen LogP contribution in [0.3, 0.4) is 0 Å². The Morgan fingerprint density at radius 1 is 1.10 bits per heavy atom. The largest absolute Gasteiger partial charge is 0.489 e. The molecule has 148 valence electrons. The SMILES string of the molecule is O=C(COc1ccc(OCc2ccccc2)cc1)NN=Cc1cc([N+](=O)[O-])cs1. The molecule has 0 aliphatic carbocycles. The summed E-state index contributed by atoms with van der Waals surface area (Å²) in [6, 6.07) is 18.1. The topological polar surface area (TPSA) is 103 Å². The fourth-order valence-electron chi connectivity index (χ4n) is 2.23. The van der Waals surface area contributed by atoms with Crippen LogP contribution in [0.15, 0.2) is 71.1 Å². The van der Waals surface area contributed by atoms with Crippen molar-refractivity contribution in [3.05, 3.63) is 86.6 Å². The van der Waals surface area contributed by atoms with Crippen LogP contribution in [0.5, 0.6) is 11.5 Å². The quantitative estimate of drug-likeness (QED) is 0.328. The summed E-state index contributed by atoms with van der Waals surface area (Å²) >= 11 is 1.16. The van der Waals surface area contributed by atoms with Gasteiger partial charge in [-0.3, -0.25) is 14.9 Å². The van der Waals surface area contributed by atoms with E-state index in [0.29, 0.717) is 23.0 Å². The number of rotatable bonds is 9. The van der Waals surface area contributed by atoms with Gasteiger partial charge in [-0.05, 0) is 29.8 Å². The van der Waals surface area contributed by atoms with Crippen molar-refractivity contribution < 1.29 is 19.2 Å². The van der Waals surface area contributed by atoms with Crippen molar-refractivity contribution in [3.8, 4) is 11.5 Å². The van der Waals surface area contributed by atoms with Crippen molar-refractivity contribution in [1.29, 1.82) is 0 Å². The minimum atomic E-state index is -0.488. The molecule has 3 aromatic rings. The van der Waals surface area contributed by atoms with E-state index in [9.17, 15) is 14.9 Å². The highest BCUT2D eigenvalue weighted by atomic mass is 32.1. The number of carbonyl (C=O) groups is 1. The van der Waals surface area contributed by atoms with Crippen LogP contribution in [-0.4, -0.2) is 23.7 Å². The average molecular weight is 411 g/mol. The van der Waals surface area contributed by atoms with Gasteiger partial charge in [0.25, 0.3) is 11.6 Å². The molecule has 9 heteroatoms. The molecule has 29 heavy (non-hydrogen) atoms. The summed E-state index contributed by atoms with van der Waals surface area (Å²) in [5.41, 5.74) is 3.37. The Morgan fingerprint density at radius 2 is 1.79 bits per heavy atom. The van der Waals surface area contributed by atoms with E-state index in [0.717, 1.165) is 16.9 Å². The number of ether oxygens (including phenoxy) is 2. The Labute approximate surface area is 170 Å². The Morgan fingerprint density at radius 3 is 2.45 bits per heavy atom. The van der Waals surface area contributed by atoms with E-state index < -0.39 is 10.8 Å². The average Bonchev–Trinajstić information content (AvgIpc) is 3.22. The van der Waals surface area contributed by atoms with Crippen molar-refractivity contribution in [2.24, 2.45) is 5.10 Å². The van der Waals surface area contributed by atoms with Gasteiger partial charge in [-0.2, -0.15) is 5.10 Å². The van der Waals surface area contributed by atoms with Gasteiger partial charge in [0.1, 0.15) is 18.1 Å². The number of thiophene rings is 1. The summed E-state index contributed by atoms with van der Waals surface area (Å²) < 4.78 is 11.1. The van der Waals surface area contributed by atoms with E-state index in [1.807, 2.05) is 30.3 Å². The summed E-state index contributed by atoms with van der Waals surface area (Å²) in [5.74, 6) is 0.766. The highest BCUT2D eigenvalue weighted by Crippen LogP contribution is 2.20. The predicted molar refractivity (Wildman–Crippen MR) is 109 cm³/mol. The summed E-state index contributed by atoms with van der Waals surface area (Å²) in [5, 5.41) is 15.8. The molecule has 0 aliphatic heterocycles. The Bertz CT molecular complexity index is 987. The van der Waals surface area contributed by atoms with Gasteiger partial charge in [0.05, 0.1) is 21.4 Å². The molecule has 0 spiro atoms. The third-order valence-electron chi connectivity index (χ3n) is 3.64. The minimum Gasteiger partial charge on any atom is -0.489 e. The zero-order valence-corrected chi connectivity index (χ0v) is 16.0. The molecule has 0 radical (unpaired) electrons. The van der Waals surface area contributed by atoms with Crippen LogP contribution in [-0.2, 0) is 11.4 Å². The zero-order chi connectivity index (χ0) is 20.5. The molecule has 0 saturated carbocycles. The first-order valence-electron chi connectivity index (χ1n) is 8.54. The van der Waals surface area contributed by atoms with Crippen molar-refractivity contribution in [2.45, 2.75) is 6.61 Å². The lowest BCUT2D eigenvalue weighted by atomic mass is 10.2. The second-order valence-electron chi connectivity index (χ2n) is 5.79. The number of carbonyl (C=O) groups excluding carboxylic acids is 1. The van der Waals surface area contributed by atoms with Crippen LogP contribution in [0.1, 0.15) is 10.4 Å². The van der Waals surface area contributed by atoms with Gasteiger partial charge in [-0.1, -0.05) is 30.3 Å². The van der Waals surface area contributed by atoms with Gasteiger partial charge in [0, 0.05) is 6.07 Å². The van der Waals surface area contributed by atoms with E-state index in [-0.39, 0.29) is 12.3 Å². The highest BCUT2D eigenvalue weighted by molar-refractivity contribution is 7.12. The van der Waals surface area contributed by atoms with Gasteiger partial charge < -0.3 is 9.47 Å². The maximum Gasteiger partial charge on any atom is 0.280 e. The third-order valence-corrected chi connectivity index (χ3v) is 4.49. The minimum absolute atomic E-state index is 0.0118. The number of hydrazone groups is 1. The number of amides is 1. The number of nitro groups is 1. The maximum atomic E-state index is 11.8. The van der Waals surface area contributed by atoms with Crippen LogP contribution < -0.4 is 14.9 Å². The fourth-order valence-corrected chi connectivity index (χ4v) is 2.94. The van der Waals surface area contributed by atoms with E-state index in [4.69, 9.17) is 9.47 Å². The van der Waals surface area contributed by atoms with E-state index in [1.54, 1.807) is 24.3 Å². The number of hydrogen-bond donors (Lipinski definition) is 1. The molecule has 1 amide bonds. The van der Waals surface area contributed by atoms with Gasteiger partial charge in [-0.15, -0.1) is 11.3 Å². The molecule has 1 aromatic heterocycles. The molecule has 0 unspecified atom stereocenters. The third kappa shape index (κ3) is 6.43. The molecular formula is C20H17N3O5S. The normalized spacial score (nSPS) is 10.6. The molecule has 0 aliphatic rings. The molecule has 1 N–H and O–H groups in total. The van der Waals surface area contributed by atoms with Crippen LogP contribution in [0.4, 0.5) is 5.69 Å². The number of nitrogens with one attached hydrogen (secondary N) is 1.